The van der Waals surface area contributed by atoms with E-state index in [0.717, 1.165) is 29.7 Å². The molecule has 0 spiro atoms. The Bertz CT molecular complexity index is 1140. The van der Waals surface area contributed by atoms with E-state index in [-0.39, 0.29) is 24.3 Å². The van der Waals surface area contributed by atoms with Gasteiger partial charge in [0.2, 0.25) is 11.8 Å². The summed E-state index contributed by atoms with van der Waals surface area (Å²) in [7, 11) is 0. The normalized spacial score (nSPS) is 14.5. The summed E-state index contributed by atoms with van der Waals surface area (Å²) in [5.41, 5.74) is 3.09. The molecular formula is C24H27N5O2S. The van der Waals surface area contributed by atoms with E-state index >= 15 is 0 Å². The van der Waals surface area contributed by atoms with Gasteiger partial charge < -0.3 is 10.2 Å². The lowest BCUT2D eigenvalue weighted by molar-refractivity contribution is -0.129. The second-order valence-electron chi connectivity index (χ2n) is 8.09. The molecule has 1 aliphatic rings. The van der Waals surface area contributed by atoms with Gasteiger partial charge in [0.15, 0.2) is 10.6 Å². The van der Waals surface area contributed by atoms with Crippen molar-refractivity contribution in [2.45, 2.75) is 38.8 Å². The summed E-state index contributed by atoms with van der Waals surface area (Å²) in [6, 6.07) is 17.6. The van der Waals surface area contributed by atoms with Crippen LogP contribution in [0.4, 0.5) is 0 Å². The SMILES string of the molecule is Cc1ccc(-c2n[nH]c(=S)n2CCC(=O)NC(CN2CCCC2=O)c2ccccc2)cc1. The molecule has 2 N–H and O–H groups in total. The van der Waals surface area contributed by atoms with Crippen LogP contribution in [0.25, 0.3) is 11.4 Å². The number of likely N-dealkylation sites (tertiary alicyclic amines) is 1. The number of carbonyl (C=O) groups is 2. The third-order valence-electron chi connectivity index (χ3n) is 5.74. The average Bonchev–Trinajstić information content (AvgIpc) is 3.38. The van der Waals surface area contributed by atoms with Crippen LogP contribution in [0.2, 0.25) is 0 Å². The molecule has 4 rings (SSSR count). The lowest BCUT2D eigenvalue weighted by atomic mass is 10.1. The lowest BCUT2D eigenvalue weighted by Gasteiger charge is -2.25. The summed E-state index contributed by atoms with van der Waals surface area (Å²) in [5.74, 6) is 0.765. The van der Waals surface area contributed by atoms with E-state index in [1.54, 1.807) is 0 Å². The predicted molar refractivity (Wildman–Crippen MR) is 125 cm³/mol. The molecule has 1 fully saturated rings. The minimum atomic E-state index is -0.250. The number of carbonyl (C=O) groups excluding carboxylic acids is 2. The number of rotatable bonds is 8. The molecule has 0 radical (unpaired) electrons. The van der Waals surface area contributed by atoms with E-state index in [0.29, 0.717) is 30.1 Å². The highest BCUT2D eigenvalue weighted by atomic mass is 32.1. The highest BCUT2D eigenvalue weighted by Gasteiger charge is 2.25. The van der Waals surface area contributed by atoms with Crippen molar-refractivity contribution in [3.05, 3.63) is 70.5 Å². The van der Waals surface area contributed by atoms with Gasteiger partial charge in [-0.2, -0.15) is 5.10 Å². The summed E-state index contributed by atoms with van der Waals surface area (Å²) < 4.78 is 2.33. The molecule has 7 nitrogen and oxygen atoms in total. The number of benzene rings is 2. The molecule has 1 unspecified atom stereocenters. The van der Waals surface area contributed by atoms with E-state index in [4.69, 9.17) is 12.2 Å². The Labute approximate surface area is 192 Å². The van der Waals surface area contributed by atoms with Crippen molar-refractivity contribution >= 4 is 24.0 Å². The number of aryl methyl sites for hydroxylation is 1. The van der Waals surface area contributed by atoms with E-state index in [1.807, 2.05) is 71.0 Å². The Morgan fingerprint density at radius 3 is 2.62 bits per heavy atom. The van der Waals surface area contributed by atoms with E-state index in [9.17, 15) is 9.59 Å². The highest BCUT2D eigenvalue weighted by molar-refractivity contribution is 7.71. The van der Waals surface area contributed by atoms with Crippen molar-refractivity contribution in [3.63, 3.8) is 0 Å². The second-order valence-corrected chi connectivity index (χ2v) is 8.48. The van der Waals surface area contributed by atoms with Gasteiger partial charge in [-0.1, -0.05) is 60.2 Å². The summed E-state index contributed by atoms with van der Waals surface area (Å²) >= 11 is 5.39. The molecule has 1 aromatic heterocycles. The molecule has 1 atom stereocenters. The number of H-pyrrole nitrogens is 1. The Balaban J connectivity index is 1.45. The Morgan fingerprint density at radius 2 is 1.94 bits per heavy atom. The number of aromatic amines is 1. The molecule has 8 heteroatoms. The maximum absolute atomic E-state index is 12.9. The van der Waals surface area contributed by atoms with Crippen LogP contribution in [0.15, 0.2) is 54.6 Å². The number of aromatic nitrogens is 3. The number of hydrogen-bond acceptors (Lipinski definition) is 4. The third kappa shape index (κ3) is 5.13. The van der Waals surface area contributed by atoms with Crippen LogP contribution in [0, 0.1) is 11.7 Å². The van der Waals surface area contributed by atoms with E-state index in [1.165, 1.54) is 0 Å². The third-order valence-corrected chi connectivity index (χ3v) is 6.05. The van der Waals surface area contributed by atoms with Crippen LogP contribution in [-0.2, 0) is 16.1 Å². The average molecular weight is 450 g/mol. The molecule has 3 aromatic rings. The van der Waals surface area contributed by atoms with Crippen molar-refractivity contribution in [1.82, 2.24) is 25.0 Å². The van der Waals surface area contributed by atoms with Gasteiger partial charge in [-0.3, -0.25) is 19.3 Å². The summed E-state index contributed by atoms with van der Waals surface area (Å²) in [5, 5.41) is 10.3. The predicted octanol–water partition coefficient (Wildman–Crippen LogP) is 3.79. The molecule has 0 bridgehead atoms. The zero-order valence-corrected chi connectivity index (χ0v) is 18.9. The van der Waals surface area contributed by atoms with Crippen LogP contribution in [0.1, 0.15) is 36.4 Å². The van der Waals surface area contributed by atoms with E-state index < -0.39 is 0 Å². The maximum atomic E-state index is 12.9. The van der Waals surface area contributed by atoms with Crippen LogP contribution in [0.5, 0.6) is 0 Å². The first-order chi connectivity index (χ1) is 15.5. The van der Waals surface area contributed by atoms with Gasteiger partial charge >= 0.3 is 0 Å². The molecule has 1 aliphatic heterocycles. The lowest BCUT2D eigenvalue weighted by Crippen LogP contribution is -2.38. The number of nitrogens with zero attached hydrogens (tertiary/aromatic N) is 3. The van der Waals surface area contributed by atoms with Gasteiger partial charge in [0.05, 0.1) is 6.04 Å². The fourth-order valence-corrected chi connectivity index (χ4v) is 4.19. The van der Waals surface area contributed by atoms with Crippen molar-refractivity contribution in [1.29, 1.82) is 0 Å². The Kier molecular flexibility index (Phi) is 6.80. The van der Waals surface area contributed by atoms with Crippen LogP contribution in [-0.4, -0.2) is 44.6 Å². The number of amides is 2. The van der Waals surface area contributed by atoms with Gasteiger partial charge in [0, 0.05) is 38.0 Å². The smallest absolute Gasteiger partial charge is 0.222 e. The van der Waals surface area contributed by atoms with E-state index in [2.05, 4.69) is 15.5 Å². The quantitative estimate of drug-likeness (QED) is 0.513. The van der Waals surface area contributed by atoms with Crippen LogP contribution in [0.3, 0.4) is 0 Å². The standard InChI is InChI=1S/C24H27N5O2S/c1-17-9-11-19(12-10-17)23-26-27-24(32)29(23)15-13-21(30)25-20(18-6-3-2-4-7-18)16-28-14-5-8-22(28)31/h2-4,6-7,9-12,20H,5,8,13-16H2,1H3,(H,25,30)(H,27,32). The highest BCUT2D eigenvalue weighted by Crippen LogP contribution is 2.20. The van der Waals surface area contributed by atoms with Gasteiger partial charge in [-0.15, -0.1) is 0 Å². The zero-order valence-electron chi connectivity index (χ0n) is 18.1. The topological polar surface area (TPSA) is 83.0 Å². The molecule has 2 amide bonds. The minimum absolute atomic E-state index is 0.0940. The Hall–Kier alpha value is -3.26. The fourth-order valence-electron chi connectivity index (χ4n) is 3.97. The summed E-state index contributed by atoms with van der Waals surface area (Å²) in [6.45, 7) is 3.66. The first kappa shape index (κ1) is 22.0. The van der Waals surface area contributed by atoms with Gasteiger partial charge in [0.25, 0.3) is 0 Å². The zero-order chi connectivity index (χ0) is 22.5. The largest absolute Gasteiger partial charge is 0.347 e. The molecule has 2 heterocycles. The second kappa shape index (κ2) is 9.91. The number of nitrogens with one attached hydrogen (secondary N) is 2. The van der Waals surface area contributed by atoms with Crippen LogP contribution < -0.4 is 5.32 Å². The van der Waals surface area contributed by atoms with Gasteiger partial charge in [-0.05, 0) is 31.1 Å². The van der Waals surface area contributed by atoms with Gasteiger partial charge in [0.1, 0.15) is 0 Å². The monoisotopic (exact) mass is 449 g/mol. The maximum Gasteiger partial charge on any atom is 0.222 e. The van der Waals surface area contributed by atoms with Crippen molar-refractivity contribution in [3.8, 4) is 11.4 Å². The molecule has 32 heavy (non-hydrogen) atoms. The van der Waals surface area contributed by atoms with Crippen LogP contribution >= 0.6 is 12.2 Å². The summed E-state index contributed by atoms with van der Waals surface area (Å²) in [4.78, 5) is 26.8. The molecule has 0 saturated carbocycles. The van der Waals surface area contributed by atoms with Gasteiger partial charge in [-0.25, -0.2) is 0 Å². The summed E-state index contributed by atoms with van der Waals surface area (Å²) in [6.07, 6.45) is 1.70. The first-order valence-electron chi connectivity index (χ1n) is 10.9. The molecule has 1 saturated heterocycles. The van der Waals surface area contributed by atoms with Crippen molar-refractivity contribution in [2.75, 3.05) is 13.1 Å². The first-order valence-corrected chi connectivity index (χ1v) is 11.3. The minimum Gasteiger partial charge on any atom is -0.347 e. The number of hydrogen-bond donors (Lipinski definition) is 2. The Morgan fingerprint density at radius 1 is 1.19 bits per heavy atom. The molecule has 0 aliphatic carbocycles. The fraction of sp³-hybridized carbons (Fsp3) is 0.333. The van der Waals surface area contributed by atoms with Crippen molar-refractivity contribution in [2.24, 2.45) is 0 Å². The molecular weight excluding hydrogens is 422 g/mol. The molecule has 166 valence electrons. The van der Waals surface area contributed by atoms with Crippen molar-refractivity contribution < 1.29 is 9.59 Å². The molecule has 2 aromatic carbocycles.